The van der Waals surface area contributed by atoms with Crippen molar-refractivity contribution >= 4 is 17.5 Å². The zero-order chi connectivity index (χ0) is 11.4. The number of hydrogen-bond acceptors (Lipinski definition) is 2. The second kappa shape index (κ2) is 5.12. The van der Waals surface area contributed by atoms with Crippen molar-refractivity contribution in [3.05, 3.63) is 29.6 Å². The minimum Gasteiger partial charge on any atom is -0.366 e. The summed E-state index contributed by atoms with van der Waals surface area (Å²) < 4.78 is 0. The number of pyridine rings is 1. The van der Waals surface area contributed by atoms with Gasteiger partial charge in [0.25, 0.3) is 0 Å². The van der Waals surface area contributed by atoms with Crippen LogP contribution in [0.25, 0.3) is 0 Å². The van der Waals surface area contributed by atoms with Gasteiger partial charge in [0.2, 0.25) is 5.91 Å². The molecule has 0 aromatic carbocycles. The lowest BCUT2D eigenvalue weighted by atomic mass is 9.94. The standard InChI is InChI=1S/C11H15ClN2O/c1-7(5-12)8(2)10-4-3-9(6-14-10)11(13)15/h3-4,6-8H,5H2,1-2H3,(H2,13,15). The molecule has 82 valence electrons. The van der Waals surface area contributed by atoms with Crippen LogP contribution in [0.4, 0.5) is 0 Å². The van der Waals surface area contributed by atoms with Crippen LogP contribution in [0.5, 0.6) is 0 Å². The second-order valence-corrected chi connectivity index (χ2v) is 4.06. The van der Waals surface area contributed by atoms with Crippen molar-refractivity contribution in [2.75, 3.05) is 5.88 Å². The van der Waals surface area contributed by atoms with E-state index in [1.165, 1.54) is 6.20 Å². The van der Waals surface area contributed by atoms with Crippen LogP contribution in [0.1, 0.15) is 35.8 Å². The quantitative estimate of drug-likeness (QED) is 0.800. The van der Waals surface area contributed by atoms with Crippen LogP contribution in [-0.2, 0) is 0 Å². The minimum atomic E-state index is -0.452. The lowest BCUT2D eigenvalue weighted by Gasteiger charge is -2.16. The number of carbonyl (C=O) groups is 1. The lowest BCUT2D eigenvalue weighted by Crippen LogP contribution is -2.13. The number of hydrogen-bond donors (Lipinski definition) is 1. The van der Waals surface area contributed by atoms with Gasteiger partial charge in [0.15, 0.2) is 0 Å². The summed E-state index contributed by atoms with van der Waals surface area (Å²) in [4.78, 5) is 15.0. The summed E-state index contributed by atoms with van der Waals surface area (Å²) in [5.74, 6) is 0.788. The average molecular weight is 227 g/mol. The van der Waals surface area contributed by atoms with Crippen LogP contribution in [0.3, 0.4) is 0 Å². The first kappa shape index (κ1) is 12.0. The highest BCUT2D eigenvalue weighted by Crippen LogP contribution is 2.23. The molecule has 0 aliphatic heterocycles. The topological polar surface area (TPSA) is 56.0 Å². The van der Waals surface area contributed by atoms with Crippen molar-refractivity contribution in [3.63, 3.8) is 0 Å². The van der Waals surface area contributed by atoms with E-state index in [4.69, 9.17) is 17.3 Å². The molecule has 0 saturated carbocycles. The number of halogens is 1. The zero-order valence-corrected chi connectivity index (χ0v) is 9.66. The van der Waals surface area contributed by atoms with Gasteiger partial charge in [0, 0.05) is 23.7 Å². The van der Waals surface area contributed by atoms with E-state index >= 15 is 0 Å². The maximum atomic E-state index is 10.8. The summed E-state index contributed by atoms with van der Waals surface area (Å²) in [5, 5.41) is 0. The second-order valence-electron chi connectivity index (χ2n) is 3.76. The van der Waals surface area contributed by atoms with Crippen LogP contribution in [0.15, 0.2) is 18.3 Å². The molecule has 1 aromatic heterocycles. The highest BCUT2D eigenvalue weighted by atomic mass is 35.5. The Hall–Kier alpha value is -1.09. The average Bonchev–Trinajstić information content (AvgIpc) is 2.27. The third-order valence-electron chi connectivity index (χ3n) is 2.63. The van der Waals surface area contributed by atoms with E-state index in [9.17, 15) is 4.79 Å². The van der Waals surface area contributed by atoms with Gasteiger partial charge in [-0.25, -0.2) is 0 Å². The minimum absolute atomic E-state index is 0.282. The van der Waals surface area contributed by atoms with E-state index in [2.05, 4.69) is 18.8 Å². The summed E-state index contributed by atoms with van der Waals surface area (Å²) >= 11 is 5.78. The van der Waals surface area contributed by atoms with E-state index in [1.54, 1.807) is 6.07 Å². The molecule has 4 heteroatoms. The predicted molar refractivity (Wildman–Crippen MR) is 61.1 cm³/mol. The highest BCUT2D eigenvalue weighted by Gasteiger charge is 2.14. The summed E-state index contributed by atoms with van der Waals surface area (Å²) in [5.41, 5.74) is 6.50. The molecule has 0 radical (unpaired) electrons. The third kappa shape index (κ3) is 2.93. The van der Waals surface area contributed by atoms with Gasteiger partial charge in [0.05, 0.1) is 5.56 Å². The van der Waals surface area contributed by atoms with Gasteiger partial charge in [-0.1, -0.05) is 13.8 Å². The molecule has 2 unspecified atom stereocenters. The van der Waals surface area contributed by atoms with Crippen LogP contribution < -0.4 is 5.73 Å². The fourth-order valence-electron chi connectivity index (χ4n) is 1.25. The zero-order valence-electron chi connectivity index (χ0n) is 8.90. The van der Waals surface area contributed by atoms with Crippen molar-refractivity contribution < 1.29 is 4.79 Å². The van der Waals surface area contributed by atoms with Gasteiger partial charge < -0.3 is 5.73 Å². The lowest BCUT2D eigenvalue weighted by molar-refractivity contribution is 0.1000. The molecule has 0 saturated heterocycles. The summed E-state index contributed by atoms with van der Waals surface area (Å²) in [6.07, 6.45) is 1.51. The largest absolute Gasteiger partial charge is 0.366 e. The first-order valence-electron chi connectivity index (χ1n) is 4.88. The van der Waals surface area contributed by atoms with Gasteiger partial charge in [-0.05, 0) is 18.1 Å². The molecule has 0 spiro atoms. The van der Waals surface area contributed by atoms with E-state index in [0.717, 1.165) is 5.69 Å². The number of alkyl halides is 1. The Labute approximate surface area is 94.6 Å². The normalized spacial score (nSPS) is 14.6. The Balaban J connectivity index is 2.84. The molecule has 2 N–H and O–H groups in total. The van der Waals surface area contributed by atoms with Gasteiger partial charge in [-0.3, -0.25) is 9.78 Å². The van der Waals surface area contributed by atoms with E-state index in [-0.39, 0.29) is 5.92 Å². The molecule has 1 amide bonds. The third-order valence-corrected chi connectivity index (χ3v) is 3.12. The molecular weight excluding hydrogens is 212 g/mol. The summed E-state index contributed by atoms with van der Waals surface area (Å²) in [7, 11) is 0. The van der Waals surface area contributed by atoms with Crippen molar-refractivity contribution in [2.24, 2.45) is 11.7 Å². The molecule has 1 aromatic rings. The highest BCUT2D eigenvalue weighted by molar-refractivity contribution is 6.18. The Morgan fingerprint density at radius 2 is 2.20 bits per heavy atom. The molecule has 3 nitrogen and oxygen atoms in total. The fraction of sp³-hybridized carbons (Fsp3) is 0.455. The molecule has 0 fully saturated rings. The number of carbonyl (C=O) groups excluding carboxylic acids is 1. The Bertz CT molecular complexity index is 337. The Morgan fingerprint density at radius 3 is 2.60 bits per heavy atom. The van der Waals surface area contributed by atoms with E-state index < -0.39 is 5.91 Å². The molecule has 0 aliphatic carbocycles. The number of amides is 1. The van der Waals surface area contributed by atoms with Gasteiger partial charge >= 0.3 is 0 Å². The van der Waals surface area contributed by atoms with Gasteiger partial charge in [-0.15, -0.1) is 11.6 Å². The van der Waals surface area contributed by atoms with Crippen molar-refractivity contribution in [3.8, 4) is 0 Å². The number of primary amides is 1. The SMILES string of the molecule is CC(CCl)C(C)c1ccc(C(N)=O)cn1. The molecule has 2 atom stereocenters. The van der Waals surface area contributed by atoms with Gasteiger partial charge in [-0.2, -0.15) is 0 Å². The van der Waals surface area contributed by atoms with Crippen LogP contribution >= 0.6 is 11.6 Å². The van der Waals surface area contributed by atoms with Crippen LogP contribution in [-0.4, -0.2) is 16.8 Å². The van der Waals surface area contributed by atoms with Gasteiger partial charge in [0.1, 0.15) is 0 Å². The van der Waals surface area contributed by atoms with Crippen molar-refractivity contribution in [1.82, 2.24) is 4.98 Å². The molecule has 1 rings (SSSR count). The van der Waals surface area contributed by atoms with Crippen molar-refractivity contribution in [1.29, 1.82) is 0 Å². The Kier molecular flexibility index (Phi) is 4.09. The van der Waals surface area contributed by atoms with Crippen molar-refractivity contribution in [2.45, 2.75) is 19.8 Å². The molecule has 15 heavy (non-hydrogen) atoms. The smallest absolute Gasteiger partial charge is 0.250 e. The van der Waals surface area contributed by atoms with Crippen LogP contribution in [0.2, 0.25) is 0 Å². The van der Waals surface area contributed by atoms with Crippen LogP contribution in [0, 0.1) is 5.92 Å². The number of aromatic nitrogens is 1. The molecular formula is C11H15ClN2O. The summed E-state index contributed by atoms with van der Waals surface area (Å²) in [6, 6.07) is 3.52. The number of rotatable bonds is 4. The number of nitrogens with two attached hydrogens (primary N) is 1. The summed E-state index contributed by atoms with van der Waals surface area (Å²) in [6.45, 7) is 4.14. The predicted octanol–water partition coefficient (Wildman–Crippen LogP) is 2.16. The first-order chi connectivity index (χ1) is 7.06. The van der Waals surface area contributed by atoms with E-state index in [1.807, 2.05) is 6.07 Å². The molecule has 0 aliphatic rings. The number of nitrogens with zero attached hydrogens (tertiary/aromatic N) is 1. The monoisotopic (exact) mass is 226 g/mol. The first-order valence-corrected chi connectivity index (χ1v) is 5.41. The molecule has 1 heterocycles. The maximum Gasteiger partial charge on any atom is 0.250 e. The van der Waals surface area contributed by atoms with E-state index in [0.29, 0.717) is 17.4 Å². The molecule has 0 bridgehead atoms. The Morgan fingerprint density at radius 1 is 1.53 bits per heavy atom. The maximum absolute atomic E-state index is 10.8. The fourth-order valence-corrected chi connectivity index (χ4v) is 1.51.